The van der Waals surface area contributed by atoms with Crippen LogP contribution in [0.25, 0.3) is 10.8 Å². The third-order valence-corrected chi connectivity index (χ3v) is 4.30. The quantitative estimate of drug-likeness (QED) is 0.670. The summed E-state index contributed by atoms with van der Waals surface area (Å²) >= 11 is 4.91. The van der Waals surface area contributed by atoms with Crippen LogP contribution in [0.2, 0.25) is 0 Å². The molecule has 0 saturated carbocycles. The van der Waals surface area contributed by atoms with Gasteiger partial charge in [-0.05, 0) is 28.5 Å². The van der Waals surface area contributed by atoms with Crippen LogP contribution in [-0.4, -0.2) is 23.0 Å². The Morgan fingerprint density at radius 3 is 2.95 bits per heavy atom. The number of rotatable bonds is 2. The van der Waals surface area contributed by atoms with Gasteiger partial charge in [-0.15, -0.1) is 5.10 Å². The number of carbonyl (C=O) groups is 1. The number of amides is 1. The predicted octanol–water partition coefficient (Wildman–Crippen LogP) is 3.16. The minimum Gasteiger partial charge on any atom is -0.303 e. The van der Waals surface area contributed by atoms with Gasteiger partial charge >= 0.3 is 0 Å². The maximum Gasteiger partial charge on any atom is 0.236 e. The number of carbonyl (C=O) groups excluding carboxylic acids is 1. The van der Waals surface area contributed by atoms with Crippen molar-refractivity contribution in [3.8, 4) is 0 Å². The van der Waals surface area contributed by atoms with Crippen molar-refractivity contribution < 1.29 is 4.79 Å². The summed E-state index contributed by atoms with van der Waals surface area (Å²) in [6.07, 6.45) is 1.68. The molecule has 20 heavy (non-hydrogen) atoms. The number of nitrogens with one attached hydrogen (secondary N) is 1. The Bertz CT molecular complexity index is 742. The molecule has 6 heteroatoms. The molecule has 2 aromatic rings. The lowest BCUT2D eigenvalue weighted by Gasteiger charge is -2.02. The number of nitrogens with zero attached hydrogens (tertiary/aromatic N) is 2. The molecule has 0 spiro atoms. The van der Waals surface area contributed by atoms with E-state index >= 15 is 0 Å². The molecule has 1 saturated heterocycles. The average molecular weight is 348 g/mol. The summed E-state index contributed by atoms with van der Waals surface area (Å²) in [6, 6.07) is 12.2. The SMILES string of the molecule is O=C1CSC(=NN=Cc2cc(Br)c3ccccc3c2)N1. The minimum absolute atomic E-state index is 0.0302. The van der Waals surface area contributed by atoms with Crippen LogP contribution in [0, 0.1) is 0 Å². The fourth-order valence-corrected chi connectivity index (χ4v) is 3.14. The Morgan fingerprint density at radius 2 is 2.15 bits per heavy atom. The second-order valence-corrected chi connectivity index (χ2v) is 6.03. The van der Waals surface area contributed by atoms with Crippen LogP contribution in [0.1, 0.15) is 5.56 Å². The second-order valence-electron chi connectivity index (χ2n) is 4.21. The van der Waals surface area contributed by atoms with Crippen LogP contribution in [-0.2, 0) is 4.79 Å². The van der Waals surface area contributed by atoms with Crippen molar-refractivity contribution >= 4 is 55.8 Å². The number of hydrogen-bond donors (Lipinski definition) is 1. The highest BCUT2D eigenvalue weighted by molar-refractivity contribution is 9.10. The molecule has 4 nitrogen and oxygen atoms in total. The van der Waals surface area contributed by atoms with E-state index in [1.807, 2.05) is 24.3 Å². The van der Waals surface area contributed by atoms with E-state index in [4.69, 9.17) is 0 Å². The first-order valence-corrected chi connectivity index (χ1v) is 7.72. The Hall–Kier alpha value is -1.66. The van der Waals surface area contributed by atoms with Gasteiger partial charge in [-0.25, -0.2) is 0 Å². The summed E-state index contributed by atoms with van der Waals surface area (Å²) in [4.78, 5) is 11.0. The van der Waals surface area contributed by atoms with Gasteiger partial charge in [-0.2, -0.15) is 5.10 Å². The van der Waals surface area contributed by atoms with Gasteiger partial charge in [0.15, 0.2) is 5.17 Å². The Labute approximate surface area is 128 Å². The third-order valence-electron chi connectivity index (χ3n) is 2.78. The molecule has 0 aliphatic carbocycles. The van der Waals surface area contributed by atoms with Crippen molar-refractivity contribution in [3.05, 3.63) is 46.4 Å². The zero-order valence-corrected chi connectivity index (χ0v) is 12.7. The highest BCUT2D eigenvalue weighted by Gasteiger charge is 2.15. The Morgan fingerprint density at radius 1 is 1.30 bits per heavy atom. The van der Waals surface area contributed by atoms with Crippen LogP contribution in [0.4, 0.5) is 0 Å². The van der Waals surface area contributed by atoms with E-state index in [1.54, 1.807) is 6.21 Å². The van der Waals surface area contributed by atoms with E-state index in [-0.39, 0.29) is 5.91 Å². The summed E-state index contributed by atoms with van der Waals surface area (Å²) in [6.45, 7) is 0. The van der Waals surface area contributed by atoms with E-state index in [0.29, 0.717) is 10.9 Å². The molecule has 0 bridgehead atoms. The first-order chi connectivity index (χ1) is 9.72. The maximum atomic E-state index is 11.0. The molecule has 1 aliphatic heterocycles. The first-order valence-electron chi connectivity index (χ1n) is 5.94. The fourth-order valence-electron chi connectivity index (χ4n) is 1.89. The van der Waals surface area contributed by atoms with Gasteiger partial charge in [0.1, 0.15) is 0 Å². The van der Waals surface area contributed by atoms with E-state index in [1.165, 1.54) is 11.8 Å². The fraction of sp³-hybridized carbons (Fsp3) is 0.0714. The van der Waals surface area contributed by atoms with Gasteiger partial charge in [0, 0.05) is 4.47 Å². The van der Waals surface area contributed by atoms with E-state index in [9.17, 15) is 4.79 Å². The van der Waals surface area contributed by atoms with Crippen molar-refractivity contribution in [2.45, 2.75) is 0 Å². The maximum absolute atomic E-state index is 11.0. The van der Waals surface area contributed by atoms with Gasteiger partial charge in [0.2, 0.25) is 5.91 Å². The number of thioether (sulfide) groups is 1. The molecule has 1 amide bonds. The molecular formula is C14H10BrN3OS. The number of hydrogen-bond acceptors (Lipinski definition) is 4. The molecule has 1 fully saturated rings. The molecule has 100 valence electrons. The second kappa shape index (κ2) is 5.76. The van der Waals surface area contributed by atoms with Crippen LogP contribution in [0.15, 0.2) is 51.1 Å². The number of fused-ring (bicyclic) bond motifs is 1. The van der Waals surface area contributed by atoms with E-state index in [0.717, 1.165) is 20.8 Å². The number of halogens is 1. The summed E-state index contributed by atoms with van der Waals surface area (Å²) in [5, 5.41) is 13.5. The van der Waals surface area contributed by atoms with Crippen LogP contribution >= 0.6 is 27.7 Å². The molecular weight excluding hydrogens is 338 g/mol. The normalized spacial score (nSPS) is 17.2. The van der Waals surface area contributed by atoms with E-state index in [2.05, 4.69) is 43.6 Å². The first kappa shape index (κ1) is 13.3. The zero-order valence-electron chi connectivity index (χ0n) is 10.3. The van der Waals surface area contributed by atoms with E-state index < -0.39 is 0 Å². The molecule has 3 rings (SSSR count). The molecule has 0 unspecified atom stereocenters. The molecule has 0 radical (unpaired) electrons. The average Bonchev–Trinajstić information content (AvgIpc) is 2.85. The smallest absolute Gasteiger partial charge is 0.236 e. The lowest BCUT2D eigenvalue weighted by molar-refractivity contribution is -0.116. The number of benzene rings is 2. The number of amidine groups is 1. The monoisotopic (exact) mass is 347 g/mol. The third kappa shape index (κ3) is 2.91. The van der Waals surface area contributed by atoms with Crippen LogP contribution < -0.4 is 5.32 Å². The molecule has 1 aliphatic rings. The molecule has 0 aromatic heterocycles. The highest BCUT2D eigenvalue weighted by atomic mass is 79.9. The summed E-state index contributed by atoms with van der Waals surface area (Å²) < 4.78 is 1.02. The lowest BCUT2D eigenvalue weighted by Crippen LogP contribution is -2.19. The van der Waals surface area contributed by atoms with Gasteiger partial charge in [-0.3, -0.25) is 4.79 Å². The minimum atomic E-state index is -0.0302. The Balaban J connectivity index is 1.86. The van der Waals surface area contributed by atoms with Gasteiger partial charge < -0.3 is 5.32 Å². The largest absolute Gasteiger partial charge is 0.303 e. The van der Waals surface area contributed by atoms with Crippen molar-refractivity contribution in [1.82, 2.24) is 5.32 Å². The van der Waals surface area contributed by atoms with Gasteiger partial charge in [-0.1, -0.05) is 52.0 Å². The Kier molecular flexibility index (Phi) is 3.84. The van der Waals surface area contributed by atoms with Crippen LogP contribution in [0.3, 0.4) is 0 Å². The van der Waals surface area contributed by atoms with Crippen molar-refractivity contribution in [2.75, 3.05) is 5.75 Å². The van der Waals surface area contributed by atoms with Gasteiger partial charge in [0.05, 0.1) is 12.0 Å². The highest BCUT2D eigenvalue weighted by Crippen LogP contribution is 2.25. The van der Waals surface area contributed by atoms with Crippen molar-refractivity contribution in [1.29, 1.82) is 0 Å². The predicted molar refractivity (Wildman–Crippen MR) is 87.3 cm³/mol. The summed E-state index contributed by atoms with van der Waals surface area (Å²) in [5.41, 5.74) is 0.953. The van der Waals surface area contributed by atoms with Crippen molar-refractivity contribution in [3.63, 3.8) is 0 Å². The van der Waals surface area contributed by atoms with Gasteiger partial charge in [0.25, 0.3) is 0 Å². The molecule has 0 atom stereocenters. The molecule has 1 heterocycles. The molecule has 1 N–H and O–H groups in total. The van der Waals surface area contributed by atoms with Crippen LogP contribution in [0.5, 0.6) is 0 Å². The standard InChI is InChI=1S/C14H10BrN3OS/c15-12-6-9(5-10-3-1-2-4-11(10)12)7-16-18-14-17-13(19)8-20-14/h1-7H,8H2,(H,17,18,19). The lowest BCUT2D eigenvalue weighted by atomic mass is 10.1. The topological polar surface area (TPSA) is 53.8 Å². The molecule has 2 aromatic carbocycles. The summed E-state index contributed by atoms with van der Waals surface area (Å²) in [5.74, 6) is 0.382. The zero-order chi connectivity index (χ0) is 13.9. The van der Waals surface area contributed by atoms with Crippen molar-refractivity contribution in [2.24, 2.45) is 10.2 Å². The summed E-state index contributed by atoms with van der Waals surface area (Å²) in [7, 11) is 0.